The SMILES string of the molecule is CC(C)(C)N(/C=C/C(=O)C(F)(F)F)/N=C/c1ccccc1. The van der Waals surface area contributed by atoms with Crippen LogP contribution in [0.5, 0.6) is 0 Å². The molecule has 0 bridgehead atoms. The van der Waals surface area contributed by atoms with Crippen LogP contribution in [0.4, 0.5) is 13.2 Å². The van der Waals surface area contributed by atoms with Crippen molar-refractivity contribution in [3.8, 4) is 0 Å². The third-order valence-electron chi connectivity index (χ3n) is 2.46. The molecule has 1 aromatic rings. The summed E-state index contributed by atoms with van der Waals surface area (Å²) in [7, 11) is 0. The van der Waals surface area contributed by atoms with Gasteiger partial charge in [-0.2, -0.15) is 18.3 Å². The fraction of sp³-hybridized carbons (Fsp3) is 0.333. The van der Waals surface area contributed by atoms with Crippen molar-refractivity contribution in [1.82, 2.24) is 5.01 Å². The molecule has 0 amide bonds. The fourth-order valence-corrected chi connectivity index (χ4v) is 1.34. The Morgan fingerprint density at radius 1 is 1.14 bits per heavy atom. The van der Waals surface area contributed by atoms with Crippen LogP contribution in [-0.4, -0.2) is 28.7 Å². The number of rotatable bonds is 4. The number of nitrogens with zero attached hydrogens (tertiary/aromatic N) is 2. The topological polar surface area (TPSA) is 32.7 Å². The summed E-state index contributed by atoms with van der Waals surface area (Å²) in [5.41, 5.74) is 0.246. The van der Waals surface area contributed by atoms with Gasteiger partial charge in [-0.05, 0) is 26.3 Å². The monoisotopic (exact) mass is 298 g/mol. The normalized spacial score (nSPS) is 13.0. The molecule has 0 saturated carbocycles. The third kappa shape index (κ3) is 5.81. The average molecular weight is 298 g/mol. The quantitative estimate of drug-likeness (QED) is 0.481. The first-order chi connectivity index (χ1) is 9.60. The molecule has 0 aliphatic carbocycles. The van der Waals surface area contributed by atoms with E-state index in [9.17, 15) is 18.0 Å². The number of hydrogen-bond acceptors (Lipinski definition) is 3. The number of ketones is 1. The highest BCUT2D eigenvalue weighted by Gasteiger charge is 2.36. The number of halogens is 3. The molecule has 1 aromatic carbocycles. The predicted molar refractivity (Wildman–Crippen MR) is 75.8 cm³/mol. The first-order valence-corrected chi connectivity index (χ1v) is 6.28. The van der Waals surface area contributed by atoms with E-state index in [0.29, 0.717) is 6.08 Å². The van der Waals surface area contributed by atoms with Crippen LogP contribution in [0, 0.1) is 0 Å². The Labute approximate surface area is 121 Å². The zero-order valence-electron chi connectivity index (χ0n) is 12.1. The van der Waals surface area contributed by atoms with Gasteiger partial charge in [0.25, 0.3) is 5.78 Å². The number of hydrazone groups is 1. The van der Waals surface area contributed by atoms with Gasteiger partial charge in [0.1, 0.15) is 0 Å². The van der Waals surface area contributed by atoms with Gasteiger partial charge in [0.2, 0.25) is 0 Å². The Bertz CT molecular complexity index is 528. The molecule has 6 heteroatoms. The van der Waals surface area contributed by atoms with Gasteiger partial charge in [-0.15, -0.1) is 0 Å². The lowest BCUT2D eigenvalue weighted by Gasteiger charge is -2.29. The van der Waals surface area contributed by atoms with E-state index in [1.807, 2.05) is 30.3 Å². The first-order valence-electron chi connectivity index (χ1n) is 6.28. The highest BCUT2D eigenvalue weighted by molar-refractivity contribution is 5.94. The van der Waals surface area contributed by atoms with Crippen LogP contribution in [0.15, 0.2) is 47.7 Å². The van der Waals surface area contributed by atoms with Crippen LogP contribution in [0.1, 0.15) is 26.3 Å². The summed E-state index contributed by atoms with van der Waals surface area (Å²) in [6, 6.07) is 9.13. The van der Waals surface area contributed by atoms with E-state index in [1.54, 1.807) is 20.8 Å². The van der Waals surface area contributed by atoms with Gasteiger partial charge in [0.05, 0.1) is 11.8 Å². The van der Waals surface area contributed by atoms with Gasteiger partial charge in [-0.25, -0.2) is 0 Å². The van der Waals surface area contributed by atoms with Crippen LogP contribution in [0.3, 0.4) is 0 Å². The molecule has 0 aliphatic heterocycles. The summed E-state index contributed by atoms with van der Waals surface area (Å²) in [4.78, 5) is 10.9. The predicted octanol–water partition coefficient (Wildman–Crippen LogP) is 3.77. The smallest absolute Gasteiger partial charge is 0.285 e. The van der Waals surface area contributed by atoms with Crippen molar-refractivity contribution >= 4 is 12.0 Å². The second kappa shape index (κ2) is 6.56. The molecule has 0 radical (unpaired) electrons. The van der Waals surface area contributed by atoms with Gasteiger partial charge in [-0.3, -0.25) is 9.80 Å². The molecule has 0 N–H and O–H groups in total. The minimum atomic E-state index is -4.87. The fourth-order valence-electron chi connectivity index (χ4n) is 1.34. The van der Waals surface area contributed by atoms with E-state index in [4.69, 9.17) is 0 Å². The summed E-state index contributed by atoms with van der Waals surface area (Å²) in [6.07, 6.45) is -1.83. The standard InChI is InChI=1S/C15H17F3N2O/c1-14(2,3)20(10-9-13(21)15(16,17)18)19-11-12-7-5-4-6-8-12/h4-11H,1-3H3/b10-9+,19-11+. The lowest BCUT2D eigenvalue weighted by atomic mass is 10.1. The van der Waals surface area contributed by atoms with Gasteiger partial charge in [0.15, 0.2) is 0 Å². The molecular weight excluding hydrogens is 281 g/mol. The molecule has 0 atom stereocenters. The molecule has 0 aromatic heterocycles. The lowest BCUT2D eigenvalue weighted by Crippen LogP contribution is -2.33. The van der Waals surface area contributed by atoms with Crippen LogP contribution in [0.25, 0.3) is 0 Å². The number of carbonyl (C=O) groups is 1. The van der Waals surface area contributed by atoms with Crippen molar-refractivity contribution in [2.24, 2.45) is 5.10 Å². The van der Waals surface area contributed by atoms with Crippen LogP contribution >= 0.6 is 0 Å². The summed E-state index contributed by atoms with van der Waals surface area (Å²) in [6.45, 7) is 5.33. The molecule has 114 valence electrons. The van der Waals surface area contributed by atoms with Crippen LogP contribution in [-0.2, 0) is 4.79 Å². The minimum absolute atomic E-state index is 0.480. The molecule has 1 rings (SSSR count). The molecule has 0 aliphatic rings. The zero-order valence-corrected chi connectivity index (χ0v) is 12.1. The van der Waals surface area contributed by atoms with E-state index in [1.165, 1.54) is 11.2 Å². The molecule has 3 nitrogen and oxygen atoms in total. The van der Waals surface area contributed by atoms with Crippen molar-refractivity contribution in [2.75, 3.05) is 0 Å². The second-order valence-electron chi connectivity index (χ2n) is 5.35. The maximum absolute atomic E-state index is 12.2. The number of allylic oxidation sites excluding steroid dienone is 1. The van der Waals surface area contributed by atoms with Gasteiger partial charge < -0.3 is 0 Å². The third-order valence-corrected chi connectivity index (χ3v) is 2.46. The van der Waals surface area contributed by atoms with Crippen molar-refractivity contribution in [1.29, 1.82) is 0 Å². The van der Waals surface area contributed by atoms with E-state index in [-0.39, 0.29) is 0 Å². The summed E-state index contributed by atoms with van der Waals surface area (Å²) >= 11 is 0. The Hall–Kier alpha value is -2.11. The zero-order chi connectivity index (χ0) is 16.1. The summed E-state index contributed by atoms with van der Waals surface area (Å²) in [5, 5.41) is 5.43. The van der Waals surface area contributed by atoms with E-state index in [2.05, 4.69) is 5.10 Å². The first kappa shape index (κ1) is 16.9. The molecule has 0 heterocycles. The highest BCUT2D eigenvalue weighted by Crippen LogP contribution is 2.19. The molecular formula is C15H17F3N2O. The molecule has 0 unspecified atom stereocenters. The van der Waals surface area contributed by atoms with E-state index < -0.39 is 17.5 Å². The molecule has 0 saturated heterocycles. The number of carbonyl (C=O) groups excluding carboxylic acids is 1. The van der Waals surface area contributed by atoms with Crippen molar-refractivity contribution < 1.29 is 18.0 Å². The van der Waals surface area contributed by atoms with Crippen LogP contribution < -0.4 is 0 Å². The maximum atomic E-state index is 12.2. The van der Waals surface area contributed by atoms with Gasteiger partial charge >= 0.3 is 6.18 Å². The Morgan fingerprint density at radius 3 is 2.19 bits per heavy atom. The Balaban J connectivity index is 2.91. The Kier molecular flexibility index (Phi) is 5.29. The van der Waals surface area contributed by atoms with Crippen LogP contribution in [0.2, 0.25) is 0 Å². The van der Waals surface area contributed by atoms with E-state index >= 15 is 0 Å². The maximum Gasteiger partial charge on any atom is 0.454 e. The average Bonchev–Trinajstić information content (AvgIpc) is 2.36. The molecule has 21 heavy (non-hydrogen) atoms. The summed E-state index contributed by atoms with van der Waals surface area (Å²) < 4.78 is 36.6. The Morgan fingerprint density at radius 2 is 1.71 bits per heavy atom. The van der Waals surface area contributed by atoms with Crippen molar-refractivity contribution in [3.63, 3.8) is 0 Å². The number of benzene rings is 1. The summed E-state index contributed by atoms with van der Waals surface area (Å²) in [5.74, 6) is -1.91. The number of hydrogen-bond donors (Lipinski definition) is 0. The lowest BCUT2D eigenvalue weighted by molar-refractivity contribution is -0.165. The van der Waals surface area contributed by atoms with Crippen molar-refractivity contribution in [2.45, 2.75) is 32.5 Å². The molecule has 0 spiro atoms. The molecule has 0 fully saturated rings. The van der Waals surface area contributed by atoms with Crippen molar-refractivity contribution in [3.05, 3.63) is 48.2 Å². The second-order valence-corrected chi connectivity index (χ2v) is 5.35. The largest absolute Gasteiger partial charge is 0.454 e. The highest BCUT2D eigenvalue weighted by atomic mass is 19.4. The van der Waals surface area contributed by atoms with Gasteiger partial charge in [0, 0.05) is 12.3 Å². The minimum Gasteiger partial charge on any atom is -0.285 e. The van der Waals surface area contributed by atoms with Gasteiger partial charge in [-0.1, -0.05) is 30.3 Å². The number of alkyl halides is 3. The van der Waals surface area contributed by atoms with E-state index in [0.717, 1.165) is 11.8 Å².